The summed E-state index contributed by atoms with van der Waals surface area (Å²) in [6.07, 6.45) is 0. The first-order valence-corrected chi connectivity index (χ1v) is 6.17. The summed E-state index contributed by atoms with van der Waals surface area (Å²) in [6.45, 7) is 4.02. The Morgan fingerprint density at radius 1 is 0.947 bits per heavy atom. The molecule has 0 aliphatic carbocycles. The van der Waals surface area contributed by atoms with Crippen LogP contribution in [0.2, 0.25) is 0 Å². The van der Waals surface area contributed by atoms with Crippen LogP contribution in [-0.4, -0.2) is 0 Å². The van der Waals surface area contributed by atoms with E-state index in [-0.39, 0.29) is 0 Å². The number of benzene rings is 2. The summed E-state index contributed by atoms with van der Waals surface area (Å²) in [4.78, 5) is 0. The van der Waals surface area contributed by atoms with Crippen molar-refractivity contribution < 1.29 is 0 Å². The zero-order valence-corrected chi connectivity index (χ0v) is 11.1. The highest BCUT2D eigenvalue weighted by Gasteiger charge is 2.12. The van der Waals surface area contributed by atoms with E-state index >= 15 is 0 Å². The molecule has 2 rings (SSSR count). The van der Waals surface area contributed by atoms with Crippen LogP contribution in [0.5, 0.6) is 0 Å². The second-order valence-corrected chi connectivity index (χ2v) is 4.53. The Hall–Kier alpha value is -2.53. The first kappa shape index (κ1) is 12.9. The number of nitriles is 1. The third kappa shape index (κ3) is 2.51. The average Bonchev–Trinajstić information content (AvgIpc) is 2.40. The summed E-state index contributed by atoms with van der Waals surface area (Å²) in [5.74, 6) is 0. The number of allylic oxidation sites excluding steroid dienone is 1. The van der Waals surface area contributed by atoms with E-state index in [0.717, 1.165) is 22.3 Å². The Bertz CT molecular complexity index is 641. The molecule has 0 atom stereocenters. The van der Waals surface area contributed by atoms with Crippen LogP contribution in [0.4, 0.5) is 0 Å². The molecule has 94 valence electrons. The largest absolute Gasteiger partial charge is 0.397 e. The van der Waals surface area contributed by atoms with Gasteiger partial charge in [0.25, 0.3) is 0 Å². The molecule has 2 aromatic carbocycles. The summed E-state index contributed by atoms with van der Waals surface area (Å²) < 4.78 is 0. The van der Waals surface area contributed by atoms with Crippen LogP contribution >= 0.6 is 0 Å². The molecule has 0 aliphatic heterocycles. The summed E-state index contributed by atoms with van der Waals surface area (Å²) >= 11 is 0. The van der Waals surface area contributed by atoms with Gasteiger partial charge in [-0.05, 0) is 30.5 Å². The molecule has 0 fully saturated rings. The Kier molecular flexibility index (Phi) is 3.68. The molecule has 0 aliphatic rings. The molecule has 0 saturated carbocycles. The lowest BCUT2D eigenvalue weighted by Gasteiger charge is -2.12. The topological polar surface area (TPSA) is 49.8 Å². The van der Waals surface area contributed by atoms with Crippen molar-refractivity contribution in [1.82, 2.24) is 0 Å². The number of nitrogens with zero attached hydrogens (tertiary/aromatic N) is 1. The molecule has 0 saturated heterocycles. The molecule has 2 aromatic rings. The SMILES string of the molecule is Cc1cccc(C)c1/C(N)=C(/C#N)c1ccccc1. The summed E-state index contributed by atoms with van der Waals surface area (Å²) in [5, 5.41) is 9.41. The van der Waals surface area contributed by atoms with Gasteiger partial charge in [0.1, 0.15) is 6.07 Å². The van der Waals surface area contributed by atoms with Gasteiger partial charge in [-0.2, -0.15) is 5.26 Å². The van der Waals surface area contributed by atoms with Crippen LogP contribution < -0.4 is 5.73 Å². The predicted octanol–water partition coefficient (Wildman–Crippen LogP) is 3.65. The Morgan fingerprint density at radius 3 is 2.05 bits per heavy atom. The van der Waals surface area contributed by atoms with E-state index in [1.165, 1.54) is 0 Å². The summed E-state index contributed by atoms with van der Waals surface area (Å²) in [5.41, 5.74) is 11.3. The van der Waals surface area contributed by atoms with Gasteiger partial charge in [-0.3, -0.25) is 0 Å². The van der Waals surface area contributed by atoms with Crippen LogP contribution in [0, 0.1) is 25.2 Å². The number of hydrogen-bond acceptors (Lipinski definition) is 2. The molecule has 19 heavy (non-hydrogen) atoms. The molecule has 2 heteroatoms. The number of hydrogen-bond donors (Lipinski definition) is 1. The smallest absolute Gasteiger partial charge is 0.102 e. The third-order valence-corrected chi connectivity index (χ3v) is 3.19. The molecule has 0 amide bonds. The van der Waals surface area contributed by atoms with Gasteiger partial charge >= 0.3 is 0 Å². The minimum absolute atomic E-state index is 0.526. The summed E-state index contributed by atoms with van der Waals surface area (Å²) in [6, 6.07) is 17.8. The average molecular weight is 248 g/mol. The highest BCUT2D eigenvalue weighted by Crippen LogP contribution is 2.26. The highest BCUT2D eigenvalue weighted by atomic mass is 14.6. The molecule has 0 radical (unpaired) electrons. The van der Waals surface area contributed by atoms with E-state index in [2.05, 4.69) is 6.07 Å². The van der Waals surface area contributed by atoms with Gasteiger partial charge < -0.3 is 5.73 Å². The van der Waals surface area contributed by atoms with E-state index in [9.17, 15) is 5.26 Å². The van der Waals surface area contributed by atoms with Gasteiger partial charge in [0, 0.05) is 5.56 Å². The van der Waals surface area contributed by atoms with Crippen molar-refractivity contribution in [2.45, 2.75) is 13.8 Å². The highest BCUT2D eigenvalue weighted by molar-refractivity contribution is 5.97. The lowest BCUT2D eigenvalue weighted by Crippen LogP contribution is -2.04. The molecule has 0 aromatic heterocycles. The van der Waals surface area contributed by atoms with Gasteiger partial charge in [-0.25, -0.2) is 0 Å². The van der Waals surface area contributed by atoms with Crippen molar-refractivity contribution in [1.29, 1.82) is 5.26 Å². The fourth-order valence-corrected chi connectivity index (χ4v) is 2.25. The molecule has 0 unspecified atom stereocenters. The van der Waals surface area contributed by atoms with E-state index in [0.29, 0.717) is 11.3 Å². The van der Waals surface area contributed by atoms with Gasteiger partial charge in [0.05, 0.1) is 11.3 Å². The monoisotopic (exact) mass is 248 g/mol. The lowest BCUT2D eigenvalue weighted by molar-refractivity contribution is 1.32. The molecule has 2 nitrogen and oxygen atoms in total. The molecular weight excluding hydrogens is 232 g/mol. The van der Waals surface area contributed by atoms with E-state index in [1.807, 2.05) is 62.4 Å². The van der Waals surface area contributed by atoms with Gasteiger partial charge in [-0.15, -0.1) is 0 Å². The maximum Gasteiger partial charge on any atom is 0.102 e. The number of rotatable bonds is 2. The second-order valence-electron chi connectivity index (χ2n) is 4.53. The second kappa shape index (κ2) is 5.41. The zero-order valence-electron chi connectivity index (χ0n) is 11.1. The van der Waals surface area contributed by atoms with Crippen molar-refractivity contribution in [2.24, 2.45) is 5.73 Å². The van der Waals surface area contributed by atoms with Crippen LogP contribution in [0.15, 0.2) is 48.5 Å². The van der Waals surface area contributed by atoms with Gasteiger partial charge in [0.15, 0.2) is 0 Å². The molecular formula is C17H16N2. The standard InChI is InChI=1S/C17H16N2/c1-12-7-6-8-13(2)16(12)17(19)15(11-18)14-9-4-3-5-10-14/h3-10H,19H2,1-2H3/b17-15+. The van der Waals surface area contributed by atoms with E-state index < -0.39 is 0 Å². The maximum atomic E-state index is 9.41. The minimum atomic E-state index is 0.526. The lowest BCUT2D eigenvalue weighted by atomic mass is 9.95. The fraction of sp³-hybridized carbons (Fsp3) is 0.118. The Balaban J connectivity index is 2.67. The number of aryl methyl sites for hydroxylation is 2. The summed E-state index contributed by atoms with van der Waals surface area (Å²) in [7, 11) is 0. The van der Waals surface area contributed by atoms with Gasteiger partial charge in [-0.1, -0.05) is 48.5 Å². The van der Waals surface area contributed by atoms with Crippen LogP contribution in [-0.2, 0) is 0 Å². The molecule has 2 N–H and O–H groups in total. The number of nitrogens with two attached hydrogens (primary N) is 1. The van der Waals surface area contributed by atoms with Crippen molar-refractivity contribution >= 4 is 11.3 Å². The normalized spacial score (nSPS) is 11.6. The Labute approximate surface area is 113 Å². The third-order valence-electron chi connectivity index (χ3n) is 3.19. The van der Waals surface area contributed by atoms with Crippen molar-refractivity contribution in [3.05, 3.63) is 70.8 Å². The quantitative estimate of drug-likeness (QED) is 0.651. The van der Waals surface area contributed by atoms with E-state index in [1.54, 1.807) is 0 Å². The van der Waals surface area contributed by atoms with Crippen LogP contribution in [0.25, 0.3) is 11.3 Å². The van der Waals surface area contributed by atoms with Gasteiger partial charge in [0.2, 0.25) is 0 Å². The first-order valence-electron chi connectivity index (χ1n) is 6.17. The van der Waals surface area contributed by atoms with Crippen molar-refractivity contribution in [2.75, 3.05) is 0 Å². The van der Waals surface area contributed by atoms with Crippen LogP contribution in [0.3, 0.4) is 0 Å². The van der Waals surface area contributed by atoms with E-state index in [4.69, 9.17) is 5.73 Å². The molecule has 0 bridgehead atoms. The zero-order chi connectivity index (χ0) is 13.8. The fourth-order valence-electron chi connectivity index (χ4n) is 2.25. The van der Waals surface area contributed by atoms with Crippen LogP contribution in [0.1, 0.15) is 22.3 Å². The maximum absolute atomic E-state index is 9.41. The molecule has 0 spiro atoms. The molecule has 0 heterocycles. The Morgan fingerprint density at radius 2 is 1.53 bits per heavy atom. The van der Waals surface area contributed by atoms with Crippen molar-refractivity contribution in [3.63, 3.8) is 0 Å². The van der Waals surface area contributed by atoms with Crippen molar-refractivity contribution in [3.8, 4) is 6.07 Å². The minimum Gasteiger partial charge on any atom is -0.397 e. The first-order chi connectivity index (χ1) is 9.15. The predicted molar refractivity (Wildman–Crippen MR) is 79.0 cm³/mol.